The van der Waals surface area contributed by atoms with E-state index in [1.54, 1.807) is 0 Å². The van der Waals surface area contributed by atoms with E-state index < -0.39 is 0 Å². The summed E-state index contributed by atoms with van der Waals surface area (Å²) < 4.78 is 0. The van der Waals surface area contributed by atoms with Crippen molar-refractivity contribution >= 4 is 11.9 Å². The molecule has 132 valence electrons. The van der Waals surface area contributed by atoms with Gasteiger partial charge in [-0.15, -0.1) is 0 Å². The normalized spacial score (nSPS) is 15.3. The summed E-state index contributed by atoms with van der Waals surface area (Å²) in [7, 11) is 0. The molecule has 0 aliphatic carbocycles. The number of carbonyl (C=O) groups is 2. The number of nitrogens with one attached hydrogen (secondary N) is 1. The maximum absolute atomic E-state index is 12.5. The van der Waals surface area contributed by atoms with E-state index in [1.165, 1.54) is 11.1 Å². The second-order valence-electron chi connectivity index (χ2n) is 6.75. The Balaban J connectivity index is 1.83. The first-order valence-electron chi connectivity index (χ1n) is 8.85. The Kier molecular flexibility index (Phi) is 6.64. The van der Waals surface area contributed by atoms with Crippen molar-refractivity contribution < 1.29 is 9.59 Å². The molecule has 0 unspecified atom stereocenters. The lowest BCUT2D eigenvalue weighted by atomic mass is 10.0. The summed E-state index contributed by atoms with van der Waals surface area (Å²) in [5.74, 6) is 0.185. The Morgan fingerprint density at radius 2 is 1.75 bits per heavy atom. The van der Waals surface area contributed by atoms with Gasteiger partial charge in [-0.05, 0) is 44.7 Å². The van der Waals surface area contributed by atoms with E-state index in [2.05, 4.69) is 24.4 Å². The number of rotatable bonds is 4. The Morgan fingerprint density at radius 3 is 2.46 bits per heavy atom. The Bertz CT molecular complexity index is 571. The molecular formula is C19H29N3O2. The number of aryl methyl sites for hydroxylation is 2. The van der Waals surface area contributed by atoms with Crippen LogP contribution in [0.15, 0.2) is 24.3 Å². The summed E-state index contributed by atoms with van der Waals surface area (Å²) in [6, 6.07) is 8.31. The third-order valence-corrected chi connectivity index (χ3v) is 4.42. The van der Waals surface area contributed by atoms with Gasteiger partial charge in [-0.1, -0.05) is 24.3 Å². The fourth-order valence-corrected chi connectivity index (χ4v) is 3.00. The molecule has 1 aromatic carbocycles. The van der Waals surface area contributed by atoms with Crippen LogP contribution in [-0.4, -0.2) is 54.0 Å². The molecule has 1 aliphatic rings. The molecule has 0 atom stereocenters. The largest absolute Gasteiger partial charge is 0.341 e. The molecule has 1 saturated heterocycles. The SMILES string of the molecule is Cc1ccccc1CCC(=O)N1CCCN(C(=O)NC(C)C)CC1. The lowest BCUT2D eigenvalue weighted by molar-refractivity contribution is -0.131. The first-order chi connectivity index (χ1) is 11.5. The van der Waals surface area contributed by atoms with Crippen molar-refractivity contribution in [2.24, 2.45) is 0 Å². The van der Waals surface area contributed by atoms with Gasteiger partial charge in [0.1, 0.15) is 0 Å². The lowest BCUT2D eigenvalue weighted by Crippen LogP contribution is -2.44. The highest BCUT2D eigenvalue weighted by Gasteiger charge is 2.22. The van der Waals surface area contributed by atoms with Crippen LogP contribution in [-0.2, 0) is 11.2 Å². The minimum Gasteiger partial charge on any atom is -0.341 e. The second-order valence-corrected chi connectivity index (χ2v) is 6.75. The predicted octanol–water partition coefficient (Wildman–Crippen LogP) is 2.58. The fraction of sp³-hybridized carbons (Fsp3) is 0.579. The van der Waals surface area contributed by atoms with Crippen molar-refractivity contribution in [1.82, 2.24) is 15.1 Å². The van der Waals surface area contributed by atoms with Crippen LogP contribution >= 0.6 is 0 Å². The van der Waals surface area contributed by atoms with E-state index in [-0.39, 0.29) is 18.0 Å². The smallest absolute Gasteiger partial charge is 0.317 e. The summed E-state index contributed by atoms with van der Waals surface area (Å²) >= 11 is 0. The molecule has 1 aliphatic heterocycles. The van der Waals surface area contributed by atoms with E-state index in [9.17, 15) is 9.59 Å². The lowest BCUT2D eigenvalue weighted by Gasteiger charge is -2.23. The highest BCUT2D eigenvalue weighted by Crippen LogP contribution is 2.12. The van der Waals surface area contributed by atoms with Crippen LogP contribution in [0.25, 0.3) is 0 Å². The topological polar surface area (TPSA) is 52.7 Å². The minimum atomic E-state index is -0.0285. The molecule has 1 heterocycles. The monoisotopic (exact) mass is 331 g/mol. The van der Waals surface area contributed by atoms with Crippen molar-refractivity contribution in [3.8, 4) is 0 Å². The van der Waals surface area contributed by atoms with Gasteiger partial charge in [0.15, 0.2) is 0 Å². The molecule has 0 saturated carbocycles. The average molecular weight is 331 g/mol. The van der Waals surface area contributed by atoms with Crippen molar-refractivity contribution in [3.63, 3.8) is 0 Å². The molecule has 24 heavy (non-hydrogen) atoms. The third kappa shape index (κ3) is 5.25. The van der Waals surface area contributed by atoms with Gasteiger partial charge in [0, 0.05) is 38.6 Å². The Hall–Kier alpha value is -2.04. The van der Waals surface area contributed by atoms with Crippen LogP contribution in [0.2, 0.25) is 0 Å². The molecule has 5 heteroatoms. The standard InChI is InChI=1S/C19H29N3O2/c1-15(2)20-19(24)22-12-6-11-21(13-14-22)18(23)10-9-17-8-5-4-7-16(17)3/h4-5,7-8,15H,6,9-14H2,1-3H3,(H,20,24). The number of nitrogens with zero attached hydrogens (tertiary/aromatic N) is 2. The first kappa shape index (κ1) is 18.3. The minimum absolute atomic E-state index is 0.0285. The van der Waals surface area contributed by atoms with E-state index in [0.29, 0.717) is 26.1 Å². The number of amides is 3. The summed E-state index contributed by atoms with van der Waals surface area (Å²) in [6.45, 7) is 8.66. The van der Waals surface area contributed by atoms with E-state index in [4.69, 9.17) is 0 Å². The van der Waals surface area contributed by atoms with Crippen molar-refractivity contribution in [2.45, 2.75) is 46.1 Å². The molecular weight excluding hydrogens is 302 g/mol. The zero-order valence-corrected chi connectivity index (χ0v) is 15.0. The van der Waals surface area contributed by atoms with E-state index in [0.717, 1.165) is 19.4 Å². The molecule has 0 aromatic heterocycles. The Morgan fingerprint density at radius 1 is 1.08 bits per heavy atom. The van der Waals surface area contributed by atoms with Crippen LogP contribution in [0, 0.1) is 6.92 Å². The predicted molar refractivity (Wildman–Crippen MR) is 95.9 cm³/mol. The molecule has 2 rings (SSSR count). The highest BCUT2D eigenvalue weighted by molar-refractivity contribution is 5.77. The van der Waals surface area contributed by atoms with Gasteiger partial charge in [0.2, 0.25) is 5.91 Å². The number of benzene rings is 1. The highest BCUT2D eigenvalue weighted by atomic mass is 16.2. The number of hydrogen-bond donors (Lipinski definition) is 1. The molecule has 0 spiro atoms. The van der Waals surface area contributed by atoms with Crippen LogP contribution in [0.3, 0.4) is 0 Å². The van der Waals surface area contributed by atoms with E-state index in [1.807, 2.05) is 35.8 Å². The van der Waals surface area contributed by atoms with E-state index >= 15 is 0 Å². The molecule has 5 nitrogen and oxygen atoms in total. The molecule has 0 bridgehead atoms. The van der Waals surface area contributed by atoms with Crippen LogP contribution < -0.4 is 5.32 Å². The maximum atomic E-state index is 12.5. The molecule has 1 aromatic rings. The molecule has 1 N–H and O–H groups in total. The average Bonchev–Trinajstić information content (AvgIpc) is 2.79. The maximum Gasteiger partial charge on any atom is 0.317 e. The summed E-state index contributed by atoms with van der Waals surface area (Å²) in [6.07, 6.45) is 2.14. The van der Waals surface area contributed by atoms with Crippen molar-refractivity contribution in [3.05, 3.63) is 35.4 Å². The fourth-order valence-electron chi connectivity index (χ4n) is 3.00. The summed E-state index contributed by atoms with van der Waals surface area (Å²) in [4.78, 5) is 28.3. The zero-order valence-electron chi connectivity index (χ0n) is 15.0. The quantitative estimate of drug-likeness (QED) is 0.922. The van der Waals surface area contributed by atoms with Gasteiger partial charge in [-0.3, -0.25) is 4.79 Å². The Labute approximate surface area is 145 Å². The molecule has 3 amide bonds. The number of urea groups is 1. The first-order valence-corrected chi connectivity index (χ1v) is 8.85. The second kappa shape index (κ2) is 8.71. The zero-order chi connectivity index (χ0) is 17.5. The van der Waals surface area contributed by atoms with Crippen LogP contribution in [0.1, 0.15) is 37.8 Å². The van der Waals surface area contributed by atoms with Gasteiger partial charge < -0.3 is 15.1 Å². The molecule has 0 radical (unpaired) electrons. The van der Waals surface area contributed by atoms with Gasteiger partial charge in [0.05, 0.1) is 0 Å². The van der Waals surface area contributed by atoms with Gasteiger partial charge in [-0.25, -0.2) is 4.79 Å². The number of hydrogen-bond acceptors (Lipinski definition) is 2. The molecule has 1 fully saturated rings. The van der Waals surface area contributed by atoms with Crippen LogP contribution in [0.4, 0.5) is 4.79 Å². The van der Waals surface area contributed by atoms with Crippen molar-refractivity contribution in [2.75, 3.05) is 26.2 Å². The van der Waals surface area contributed by atoms with Gasteiger partial charge >= 0.3 is 6.03 Å². The van der Waals surface area contributed by atoms with Crippen molar-refractivity contribution in [1.29, 1.82) is 0 Å². The van der Waals surface area contributed by atoms with Gasteiger partial charge in [-0.2, -0.15) is 0 Å². The number of carbonyl (C=O) groups excluding carboxylic acids is 2. The van der Waals surface area contributed by atoms with Gasteiger partial charge in [0.25, 0.3) is 0 Å². The summed E-state index contributed by atoms with van der Waals surface area (Å²) in [5.41, 5.74) is 2.47. The third-order valence-electron chi connectivity index (χ3n) is 4.42. The summed E-state index contributed by atoms with van der Waals surface area (Å²) in [5, 5.41) is 2.92. The van der Waals surface area contributed by atoms with Crippen LogP contribution in [0.5, 0.6) is 0 Å².